The number of rotatable bonds is 5. The third-order valence-electron chi connectivity index (χ3n) is 6.08. The van der Waals surface area contributed by atoms with E-state index >= 15 is 0 Å². The molecule has 1 saturated heterocycles. The minimum absolute atomic E-state index is 0.000518. The number of carboxylic acids is 1. The summed E-state index contributed by atoms with van der Waals surface area (Å²) < 4.78 is 0. The molecule has 0 bridgehead atoms. The Morgan fingerprint density at radius 1 is 1.03 bits per heavy atom. The molecule has 0 spiro atoms. The molecule has 0 radical (unpaired) electrons. The van der Waals surface area contributed by atoms with E-state index in [1.54, 1.807) is 18.2 Å². The molecule has 1 aliphatic heterocycles. The lowest BCUT2D eigenvalue weighted by atomic mass is 9.94. The number of nitrogens with zero attached hydrogens (tertiary/aromatic N) is 3. The van der Waals surface area contributed by atoms with E-state index in [0.29, 0.717) is 16.6 Å². The van der Waals surface area contributed by atoms with Crippen molar-refractivity contribution in [3.8, 4) is 0 Å². The molecule has 0 aliphatic carbocycles. The summed E-state index contributed by atoms with van der Waals surface area (Å²) in [6.45, 7) is 1.82. The molecular formula is C26H18N4O7. The second kappa shape index (κ2) is 8.72. The van der Waals surface area contributed by atoms with Gasteiger partial charge in [-0.15, -0.1) is 0 Å². The maximum Gasteiger partial charge on any atom is 0.335 e. The van der Waals surface area contributed by atoms with Crippen LogP contribution in [-0.2, 0) is 9.59 Å². The van der Waals surface area contributed by atoms with Crippen molar-refractivity contribution in [3.63, 3.8) is 0 Å². The van der Waals surface area contributed by atoms with Crippen molar-refractivity contribution in [1.29, 1.82) is 0 Å². The fraction of sp³-hybridized carbons (Fsp3) is 0.0769. The van der Waals surface area contributed by atoms with Crippen molar-refractivity contribution >= 4 is 46.1 Å². The zero-order valence-corrected chi connectivity index (χ0v) is 19.2. The first-order chi connectivity index (χ1) is 17.7. The molecule has 1 atom stereocenters. The number of imidazole rings is 1. The topological polar surface area (TPSA) is 167 Å². The number of aliphatic hydroxyl groups is 1. The van der Waals surface area contributed by atoms with Crippen molar-refractivity contribution in [2.24, 2.45) is 0 Å². The van der Waals surface area contributed by atoms with Crippen LogP contribution in [0.5, 0.6) is 0 Å². The first kappa shape index (κ1) is 23.4. The summed E-state index contributed by atoms with van der Waals surface area (Å²) in [6, 6.07) is 15.2. The number of nitrogens with one attached hydrogen (secondary N) is 1. The number of aryl methyl sites for hydroxylation is 1. The molecule has 11 nitrogen and oxygen atoms in total. The highest BCUT2D eigenvalue weighted by atomic mass is 16.6. The van der Waals surface area contributed by atoms with Crippen molar-refractivity contribution in [3.05, 3.63) is 105 Å². The summed E-state index contributed by atoms with van der Waals surface area (Å²) in [7, 11) is 0. The van der Waals surface area contributed by atoms with E-state index < -0.39 is 34.4 Å². The number of hydrogen-bond acceptors (Lipinski definition) is 7. The van der Waals surface area contributed by atoms with Gasteiger partial charge in [0.25, 0.3) is 11.5 Å². The zero-order valence-electron chi connectivity index (χ0n) is 19.2. The van der Waals surface area contributed by atoms with Crippen molar-refractivity contribution < 1.29 is 29.5 Å². The summed E-state index contributed by atoms with van der Waals surface area (Å²) in [5.41, 5.74) is 1.47. The summed E-state index contributed by atoms with van der Waals surface area (Å²) >= 11 is 0. The lowest BCUT2D eigenvalue weighted by Crippen LogP contribution is -2.30. The molecular weight excluding hydrogens is 480 g/mol. The normalized spacial score (nSPS) is 16.9. The number of benzene rings is 3. The Labute approximate surface area is 208 Å². The van der Waals surface area contributed by atoms with E-state index in [1.807, 2.05) is 13.0 Å². The molecule has 37 heavy (non-hydrogen) atoms. The number of ketones is 1. The van der Waals surface area contributed by atoms with Crippen LogP contribution in [0.25, 0.3) is 16.8 Å². The quantitative estimate of drug-likeness (QED) is 0.121. The largest absolute Gasteiger partial charge is 0.507 e. The Bertz CT molecular complexity index is 1670. The number of carboxylic acid groups (broad SMARTS) is 1. The van der Waals surface area contributed by atoms with Crippen molar-refractivity contribution in [1.82, 2.24) is 9.97 Å². The molecule has 1 amide bonds. The minimum Gasteiger partial charge on any atom is -0.507 e. The van der Waals surface area contributed by atoms with E-state index in [1.165, 1.54) is 36.4 Å². The molecule has 0 saturated carbocycles. The number of H-pyrrole nitrogens is 1. The van der Waals surface area contributed by atoms with Crippen LogP contribution < -0.4 is 4.90 Å². The smallest absolute Gasteiger partial charge is 0.335 e. The fourth-order valence-corrected chi connectivity index (χ4v) is 4.37. The van der Waals surface area contributed by atoms with Gasteiger partial charge in [0, 0.05) is 17.7 Å². The molecule has 3 aromatic carbocycles. The van der Waals surface area contributed by atoms with Gasteiger partial charge < -0.3 is 15.2 Å². The van der Waals surface area contributed by atoms with Crippen LogP contribution >= 0.6 is 0 Å². The summed E-state index contributed by atoms with van der Waals surface area (Å²) in [4.78, 5) is 57.0. The van der Waals surface area contributed by atoms with Gasteiger partial charge in [0.1, 0.15) is 5.76 Å². The Balaban J connectivity index is 1.73. The van der Waals surface area contributed by atoms with Crippen molar-refractivity contribution in [2.45, 2.75) is 13.0 Å². The van der Waals surface area contributed by atoms with E-state index in [-0.39, 0.29) is 28.3 Å². The maximum atomic E-state index is 13.3. The highest BCUT2D eigenvalue weighted by molar-refractivity contribution is 6.51. The first-order valence-corrected chi connectivity index (χ1v) is 11.0. The molecule has 11 heteroatoms. The van der Waals surface area contributed by atoms with Crippen LogP contribution in [0.3, 0.4) is 0 Å². The fourth-order valence-electron chi connectivity index (χ4n) is 4.37. The van der Waals surface area contributed by atoms with Gasteiger partial charge in [-0.05, 0) is 30.7 Å². The number of Topliss-reactive ketones (excluding diaryl/α,β-unsaturated/α-hetero) is 1. The summed E-state index contributed by atoms with van der Waals surface area (Å²) in [6.07, 6.45) is 0. The highest BCUT2D eigenvalue weighted by Crippen LogP contribution is 2.42. The van der Waals surface area contributed by atoms with Crippen LogP contribution in [0.1, 0.15) is 33.1 Å². The number of non-ortho nitro benzene ring substituents is 1. The van der Waals surface area contributed by atoms with Gasteiger partial charge in [0.2, 0.25) is 5.95 Å². The number of aromatic nitrogens is 2. The maximum absolute atomic E-state index is 13.3. The van der Waals surface area contributed by atoms with Crippen LogP contribution in [-0.4, -0.2) is 42.8 Å². The Morgan fingerprint density at radius 2 is 1.78 bits per heavy atom. The van der Waals surface area contributed by atoms with Gasteiger partial charge in [-0.2, -0.15) is 0 Å². The molecule has 3 N–H and O–H groups in total. The number of anilines is 1. The summed E-state index contributed by atoms with van der Waals surface area (Å²) in [5, 5.41) is 31.7. The second-order valence-electron chi connectivity index (χ2n) is 8.49. The standard InChI is InChI=1S/C26H18N4O7/c1-13-4-2-5-14(10-13)21-20(22(31)15-6-3-7-17(11-15)30(36)37)23(32)24(33)29(21)26-27-18-9-8-16(25(34)35)12-19(18)28-26/h2-12,21,31H,1H3,(H,27,28)(H,34,35)/b22-20+. The first-order valence-electron chi connectivity index (χ1n) is 11.0. The molecule has 4 aromatic rings. The van der Waals surface area contributed by atoms with E-state index in [2.05, 4.69) is 9.97 Å². The van der Waals surface area contributed by atoms with Gasteiger partial charge in [0.05, 0.1) is 33.1 Å². The third-order valence-corrected chi connectivity index (χ3v) is 6.08. The average Bonchev–Trinajstić information content (AvgIpc) is 3.41. The van der Waals surface area contributed by atoms with Gasteiger partial charge in [-0.3, -0.25) is 24.6 Å². The second-order valence-corrected chi connectivity index (χ2v) is 8.49. The van der Waals surface area contributed by atoms with E-state index in [9.17, 15) is 34.7 Å². The number of aromatic amines is 1. The number of carbonyl (C=O) groups excluding carboxylic acids is 2. The molecule has 5 rings (SSSR count). The molecule has 184 valence electrons. The lowest BCUT2D eigenvalue weighted by Gasteiger charge is -2.23. The minimum atomic E-state index is -1.14. The molecule has 2 heterocycles. The van der Waals surface area contributed by atoms with Crippen LogP contribution in [0, 0.1) is 17.0 Å². The number of aromatic carboxylic acids is 1. The van der Waals surface area contributed by atoms with Crippen LogP contribution in [0.4, 0.5) is 11.6 Å². The number of amides is 1. The Kier molecular flexibility index (Phi) is 5.52. The number of hydrogen-bond donors (Lipinski definition) is 3. The monoisotopic (exact) mass is 498 g/mol. The average molecular weight is 498 g/mol. The predicted octanol–water partition coefficient (Wildman–Crippen LogP) is 4.10. The lowest BCUT2D eigenvalue weighted by molar-refractivity contribution is -0.384. The number of carbonyl (C=O) groups is 3. The van der Waals surface area contributed by atoms with Gasteiger partial charge in [-0.1, -0.05) is 42.0 Å². The highest BCUT2D eigenvalue weighted by Gasteiger charge is 2.48. The third kappa shape index (κ3) is 3.97. The van der Waals surface area contributed by atoms with Crippen LogP contribution in [0.2, 0.25) is 0 Å². The SMILES string of the molecule is Cc1cccc(C2/C(=C(\O)c3cccc([N+](=O)[O-])c3)C(=O)C(=O)N2c2nc3ccc(C(=O)O)cc3[nH]2)c1. The summed E-state index contributed by atoms with van der Waals surface area (Å²) in [5.74, 6) is -3.71. The van der Waals surface area contributed by atoms with Gasteiger partial charge >= 0.3 is 11.9 Å². The van der Waals surface area contributed by atoms with E-state index in [0.717, 1.165) is 16.5 Å². The number of fused-ring (bicyclic) bond motifs is 1. The Morgan fingerprint density at radius 3 is 2.49 bits per heavy atom. The Hall–Kier alpha value is -5.32. The van der Waals surface area contributed by atoms with Gasteiger partial charge in [0.15, 0.2) is 0 Å². The van der Waals surface area contributed by atoms with E-state index in [4.69, 9.17) is 0 Å². The number of nitro groups is 1. The molecule has 1 fully saturated rings. The van der Waals surface area contributed by atoms with Crippen LogP contribution in [0.15, 0.2) is 72.3 Å². The number of nitro benzene ring substituents is 1. The van der Waals surface area contributed by atoms with Crippen molar-refractivity contribution in [2.75, 3.05) is 4.90 Å². The zero-order chi connectivity index (χ0) is 26.4. The molecule has 1 aliphatic rings. The molecule has 1 unspecified atom stereocenters. The van der Waals surface area contributed by atoms with Gasteiger partial charge in [-0.25, -0.2) is 9.78 Å². The molecule has 1 aromatic heterocycles. The predicted molar refractivity (Wildman–Crippen MR) is 132 cm³/mol. The number of aliphatic hydroxyl groups excluding tert-OH is 1.